The zero-order valence-corrected chi connectivity index (χ0v) is 15.5. The molecule has 29 heavy (non-hydrogen) atoms. The lowest BCUT2D eigenvalue weighted by molar-refractivity contribution is -0.132. The van der Waals surface area contributed by atoms with E-state index in [1.165, 1.54) is 35.4 Å². The van der Waals surface area contributed by atoms with Crippen molar-refractivity contribution >= 4 is 23.1 Å². The molecular formula is C23H17FN2O3. The number of carbonyl (C=O) groups excluding carboxylic acids is 2. The molecule has 1 atom stereocenters. The number of nitrogens with zero attached hydrogens (tertiary/aromatic N) is 2. The van der Waals surface area contributed by atoms with Crippen LogP contribution in [0.5, 0.6) is 0 Å². The molecule has 1 fully saturated rings. The Balaban J connectivity index is 1.94. The summed E-state index contributed by atoms with van der Waals surface area (Å²) in [5.41, 5.74) is 2.28. The molecule has 0 unspecified atom stereocenters. The van der Waals surface area contributed by atoms with Crippen molar-refractivity contribution in [2.24, 2.45) is 0 Å². The molecular weight excluding hydrogens is 371 g/mol. The lowest BCUT2D eigenvalue weighted by Gasteiger charge is -2.25. The smallest absolute Gasteiger partial charge is 0.300 e. The fourth-order valence-corrected chi connectivity index (χ4v) is 3.42. The van der Waals surface area contributed by atoms with E-state index < -0.39 is 23.5 Å². The molecule has 1 aromatic heterocycles. The predicted molar refractivity (Wildman–Crippen MR) is 107 cm³/mol. The maximum absolute atomic E-state index is 13.5. The van der Waals surface area contributed by atoms with Crippen LogP contribution in [0.15, 0.2) is 78.6 Å². The van der Waals surface area contributed by atoms with Gasteiger partial charge in [0.25, 0.3) is 11.7 Å². The lowest BCUT2D eigenvalue weighted by atomic mass is 9.95. The van der Waals surface area contributed by atoms with E-state index in [2.05, 4.69) is 4.98 Å². The molecule has 1 aliphatic heterocycles. The molecule has 1 saturated heterocycles. The first-order valence-corrected chi connectivity index (χ1v) is 9.01. The Morgan fingerprint density at radius 1 is 1.03 bits per heavy atom. The van der Waals surface area contributed by atoms with Gasteiger partial charge in [-0.25, -0.2) is 4.39 Å². The summed E-state index contributed by atoms with van der Waals surface area (Å²) in [5, 5.41) is 10.9. The first-order valence-electron chi connectivity index (χ1n) is 9.01. The molecule has 0 radical (unpaired) electrons. The Hall–Kier alpha value is -3.80. The first-order chi connectivity index (χ1) is 14.0. The Bertz CT molecular complexity index is 1110. The van der Waals surface area contributed by atoms with Gasteiger partial charge in [-0.3, -0.25) is 19.5 Å². The third kappa shape index (κ3) is 3.29. The molecule has 3 aromatic rings. The lowest BCUT2D eigenvalue weighted by Crippen LogP contribution is -2.29. The number of anilines is 1. The highest BCUT2D eigenvalue weighted by Gasteiger charge is 2.47. The highest BCUT2D eigenvalue weighted by Crippen LogP contribution is 2.41. The van der Waals surface area contributed by atoms with Gasteiger partial charge >= 0.3 is 0 Å². The van der Waals surface area contributed by atoms with E-state index in [-0.39, 0.29) is 11.3 Å². The minimum Gasteiger partial charge on any atom is -0.507 e. The summed E-state index contributed by atoms with van der Waals surface area (Å²) in [5.74, 6) is -2.29. The van der Waals surface area contributed by atoms with E-state index in [0.717, 1.165) is 5.56 Å². The van der Waals surface area contributed by atoms with Crippen molar-refractivity contribution in [2.75, 3.05) is 4.90 Å². The van der Waals surface area contributed by atoms with Gasteiger partial charge in [0.1, 0.15) is 11.6 Å². The third-order valence-electron chi connectivity index (χ3n) is 4.88. The summed E-state index contributed by atoms with van der Waals surface area (Å²) < 4.78 is 13.5. The maximum atomic E-state index is 13.5. The predicted octanol–water partition coefficient (Wildman–Crippen LogP) is 4.16. The van der Waals surface area contributed by atoms with E-state index in [9.17, 15) is 19.1 Å². The van der Waals surface area contributed by atoms with Gasteiger partial charge in [-0.1, -0.05) is 42.0 Å². The quantitative estimate of drug-likeness (QED) is 0.416. The number of hydrogen-bond acceptors (Lipinski definition) is 4. The van der Waals surface area contributed by atoms with E-state index in [4.69, 9.17) is 0 Å². The number of Topliss-reactive ketones (excluding diaryl/α,β-unsaturated/α-hetero) is 1. The minimum atomic E-state index is -0.902. The summed E-state index contributed by atoms with van der Waals surface area (Å²) in [6.07, 6.45) is 3.02. The minimum absolute atomic E-state index is 0.0469. The molecule has 1 N–H and O–H groups in total. The molecule has 0 spiro atoms. The Labute approximate surface area is 166 Å². The number of pyridine rings is 1. The van der Waals surface area contributed by atoms with Crippen LogP contribution >= 0.6 is 0 Å². The number of halogens is 1. The Kier molecular flexibility index (Phi) is 4.68. The molecule has 2 aromatic carbocycles. The van der Waals surface area contributed by atoms with Crippen molar-refractivity contribution in [2.45, 2.75) is 13.0 Å². The number of carbonyl (C=O) groups is 2. The van der Waals surface area contributed by atoms with Gasteiger partial charge in [-0.15, -0.1) is 0 Å². The van der Waals surface area contributed by atoms with Crippen molar-refractivity contribution in [1.82, 2.24) is 4.98 Å². The summed E-state index contributed by atoms with van der Waals surface area (Å²) >= 11 is 0. The highest BCUT2D eigenvalue weighted by molar-refractivity contribution is 6.51. The average molecular weight is 388 g/mol. The largest absolute Gasteiger partial charge is 0.507 e. The number of hydrogen-bond donors (Lipinski definition) is 1. The molecule has 144 valence electrons. The molecule has 1 aliphatic rings. The van der Waals surface area contributed by atoms with Crippen LogP contribution in [0.3, 0.4) is 0 Å². The Morgan fingerprint density at radius 2 is 1.72 bits per heavy atom. The van der Waals surface area contributed by atoms with Crippen LogP contribution in [0, 0.1) is 12.7 Å². The van der Waals surface area contributed by atoms with Crippen molar-refractivity contribution < 1.29 is 19.1 Å². The second-order valence-corrected chi connectivity index (χ2v) is 6.80. The van der Waals surface area contributed by atoms with E-state index in [1.807, 2.05) is 6.92 Å². The van der Waals surface area contributed by atoms with E-state index in [0.29, 0.717) is 16.8 Å². The number of rotatable bonds is 3. The van der Waals surface area contributed by atoms with Crippen molar-refractivity contribution in [3.63, 3.8) is 0 Å². The third-order valence-corrected chi connectivity index (χ3v) is 4.88. The van der Waals surface area contributed by atoms with Crippen LogP contribution in [0.25, 0.3) is 5.76 Å². The number of benzene rings is 2. The van der Waals surface area contributed by atoms with Crippen LogP contribution in [-0.4, -0.2) is 21.8 Å². The zero-order valence-electron chi connectivity index (χ0n) is 15.5. The molecule has 0 saturated carbocycles. The van der Waals surface area contributed by atoms with Gasteiger partial charge in [0, 0.05) is 11.8 Å². The van der Waals surface area contributed by atoms with Crippen molar-refractivity contribution in [1.29, 1.82) is 0 Å². The van der Waals surface area contributed by atoms with Gasteiger partial charge in [0.15, 0.2) is 0 Å². The first kappa shape index (κ1) is 18.6. The fraction of sp³-hybridized carbons (Fsp3) is 0.0870. The normalized spacial score (nSPS) is 18.3. The van der Waals surface area contributed by atoms with Gasteiger partial charge < -0.3 is 5.11 Å². The maximum Gasteiger partial charge on any atom is 0.300 e. The highest BCUT2D eigenvalue weighted by atomic mass is 19.1. The van der Waals surface area contributed by atoms with E-state index in [1.54, 1.807) is 42.6 Å². The molecule has 1 amide bonds. The summed E-state index contributed by atoms with van der Waals surface area (Å²) in [7, 11) is 0. The molecule has 5 nitrogen and oxygen atoms in total. The van der Waals surface area contributed by atoms with E-state index >= 15 is 0 Å². The number of ketones is 1. The number of aromatic nitrogens is 1. The second kappa shape index (κ2) is 7.31. The summed E-state index contributed by atoms with van der Waals surface area (Å²) in [4.78, 5) is 31.1. The number of aliphatic hydroxyl groups is 1. The monoisotopic (exact) mass is 388 g/mol. The zero-order chi connectivity index (χ0) is 20.5. The van der Waals surface area contributed by atoms with Crippen molar-refractivity contribution in [3.8, 4) is 0 Å². The second-order valence-electron chi connectivity index (χ2n) is 6.80. The fourth-order valence-electron chi connectivity index (χ4n) is 3.42. The van der Waals surface area contributed by atoms with Crippen LogP contribution in [0.4, 0.5) is 10.1 Å². The average Bonchev–Trinajstić information content (AvgIpc) is 3.00. The molecule has 0 aliphatic carbocycles. The summed E-state index contributed by atoms with van der Waals surface area (Å²) in [6, 6.07) is 14.9. The topological polar surface area (TPSA) is 70.5 Å². The van der Waals surface area contributed by atoms with Gasteiger partial charge in [0.05, 0.1) is 23.5 Å². The molecule has 6 heteroatoms. The van der Waals surface area contributed by atoms with Crippen LogP contribution in [-0.2, 0) is 9.59 Å². The molecule has 0 bridgehead atoms. The van der Waals surface area contributed by atoms with Crippen molar-refractivity contribution in [3.05, 3.63) is 101 Å². The standard InChI is InChI=1S/C23H17FN2O3/c1-14-4-6-16(7-5-14)21(27)19-20(15-8-10-17(24)11-9-15)26(23(29)22(19)28)18-3-2-12-25-13-18/h2-13,20,27H,1H3/t20-/m1/s1. The van der Waals surface area contributed by atoms with Crippen LogP contribution < -0.4 is 4.90 Å². The van der Waals surface area contributed by atoms with Gasteiger partial charge in [0.2, 0.25) is 0 Å². The molecule has 4 rings (SSSR count). The van der Waals surface area contributed by atoms with Crippen LogP contribution in [0.2, 0.25) is 0 Å². The van der Waals surface area contributed by atoms with Crippen LogP contribution in [0.1, 0.15) is 22.7 Å². The number of aliphatic hydroxyl groups excluding tert-OH is 1. The number of amides is 1. The SMILES string of the molecule is Cc1ccc(C(O)=C2C(=O)C(=O)N(c3cccnc3)[C@@H]2c2ccc(F)cc2)cc1. The Morgan fingerprint density at radius 3 is 2.34 bits per heavy atom. The molecule has 2 heterocycles. The summed E-state index contributed by atoms with van der Waals surface area (Å²) in [6.45, 7) is 1.91. The number of aryl methyl sites for hydroxylation is 1. The van der Waals surface area contributed by atoms with Gasteiger partial charge in [-0.2, -0.15) is 0 Å². The van der Waals surface area contributed by atoms with Gasteiger partial charge in [-0.05, 0) is 36.8 Å².